The molecule has 0 bridgehead atoms. The lowest BCUT2D eigenvalue weighted by Gasteiger charge is -2.13. The van der Waals surface area contributed by atoms with Gasteiger partial charge in [-0.1, -0.05) is 24.1 Å². The van der Waals surface area contributed by atoms with E-state index in [0.29, 0.717) is 27.2 Å². The van der Waals surface area contributed by atoms with Crippen LogP contribution in [0.15, 0.2) is 51.8 Å². The van der Waals surface area contributed by atoms with Gasteiger partial charge in [-0.3, -0.25) is 19.3 Å². The Balaban J connectivity index is 1.72. The lowest BCUT2D eigenvalue weighted by molar-refractivity contribution is -0.127. The maximum atomic E-state index is 12.7. The number of hydrogen-bond donors (Lipinski definition) is 1. The van der Waals surface area contributed by atoms with Crippen molar-refractivity contribution >= 4 is 56.5 Å². The summed E-state index contributed by atoms with van der Waals surface area (Å²) in [5, 5.41) is 2.16. The molecule has 0 unspecified atom stereocenters. The molecule has 0 aromatic heterocycles. The minimum absolute atomic E-state index is 0.0935. The third kappa shape index (κ3) is 5.48. The van der Waals surface area contributed by atoms with Crippen LogP contribution in [0.25, 0.3) is 6.08 Å². The van der Waals surface area contributed by atoms with E-state index in [1.807, 2.05) is 6.07 Å². The van der Waals surface area contributed by atoms with Crippen LogP contribution in [-0.2, 0) is 9.59 Å². The zero-order valence-electron chi connectivity index (χ0n) is 16.4. The van der Waals surface area contributed by atoms with Crippen LogP contribution in [0.1, 0.15) is 5.56 Å². The number of anilines is 1. The van der Waals surface area contributed by atoms with E-state index < -0.39 is 17.1 Å². The molecule has 1 fully saturated rings. The van der Waals surface area contributed by atoms with Crippen molar-refractivity contribution in [3.63, 3.8) is 0 Å². The normalized spacial score (nSPS) is 14.5. The number of ether oxygens (including phenoxy) is 2. The number of para-hydroxylation sites is 1. The minimum atomic E-state index is -0.538. The summed E-state index contributed by atoms with van der Waals surface area (Å²) in [6, 6.07) is 12.1. The van der Waals surface area contributed by atoms with E-state index in [4.69, 9.17) is 15.9 Å². The van der Waals surface area contributed by atoms with Gasteiger partial charge in [0.2, 0.25) is 5.91 Å². The van der Waals surface area contributed by atoms with E-state index in [9.17, 15) is 14.4 Å². The maximum Gasteiger partial charge on any atom is 0.294 e. The summed E-state index contributed by atoms with van der Waals surface area (Å²) in [7, 11) is 1.49. The monoisotopic (exact) mass is 500 g/mol. The summed E-state index contributed by atoms with van der Waals surface area (Å²) in [5.41, 5.74) is 1.18. The van der Waals surface area contributed by atoms with Crippen molar-refractivity contribution < 1.29 is 23.9 Å². The Labute approximate surface area is 191 Å². The van der Waals surface area contributed by atoms with Gasteiger partial charge in [-0.15, -0.1) is 6.42 Å². The van der Waals surface area contributed by atoms with Crippen molar-refractivity contribution in [3.8, 4) is 23.8 Å². The van der Waals surface area contributed by atoms with Crippen molar-refractivity contribution in [2.45, 2.75) is 0 Å². The van der Waals surface area contributed by atoms with Crippen molar-refractivity contribution in [1.29, 1.82) is 0 Å². The molecule has 9 heteroatoms. The SMILES string of the molecule is C#CCOc1ccc(/C=C2\SC(=O)N(CC(=O)Nc3ccccc3Br)C2=O)cc1OC. The smallest absolute Gasteiger partial charge is 0.294 e. The molecular formula is C22H17BrN2O5S. The first-order valence-corrected chi connectivity index (χ1v) is 10.6. The van der Waals surface area contributed by atoms with Crippen LogP contribution in [0.4, 0.5) is 10.5 Å². The molecule has 3 rings (SSSR count). The number of carbonyl (C=O) groups is 3. The number of rotatable bonds is 7. The number of terminal acetylenes is 1. The lowest BCUT2D eigenvalue weighted by Crippen LogP contribution is -2.36. The first-order valence-electron chi connectivity index (χ1n) is 8.97. The molecule has 0 spiro atoms. The summed E-state index contributed by atoms with van der Waals surface area (Å²) in [6.07, 6.45) is 6.76. The standard InChI is InChI=1S/C22H17BrN2O5S/c1-3-10-30-17-9-8-14(11-18(17)29-2)12-19-21(27)25(22(28)31-19)13-20(26)24-16-7-5-4-6-15(16)23/h1,4-9,11-12H,10,13H2,2H3,(H,24,26)/b19-12-. The Bertz CT molecular complexity index is 1110. The fourth-order valence-corrected chi connectivity index (χ4v) is 3.92. The number of thioether (sulfide) groups is 1. The zero-order chi connectivity index (χ0) is 22.4. The third-order valence-electron chi connectivity index (χ3n) is 4.12. The van der Waals surface area contributed by atoms with E-state index in [-0.39, 0.29) is 18.1 Å². The number of nitrogens with zero attached hydrogens (tertiary/aromatic N) is 1. The molecule has 0 aliphatic carbocycles. The molecular weight excluding hydrogens is 484 g/mol. The topological polar surface area (TPSA) is 84.9 Å². The minimum Gasteiger partial charge on any atom is -0.493 e. The number of methoxy groups -OCH3 is 1. The van der Waals surface area contributed by atoms with E-state index in [0.717, 1.165) is 16.7 Å². The van der Waals surface area contributed by atoms with Gasteiger partial charge < -0.3 is 14.8 Å². The van der Waals surface area contributed by atoms with Crippen molar-refractivity contribution in [2.24, 2.45) is 0 Å². The number of hydrogen-bond acceptors (Lipinski definition) is 6. The Morgan fingerprint density at radius 3 is 2.74 bits per heavy atom. The van der Waals surface area contributed by atoms with Crippen molar-refractivity contribution in [3.05, 3.63) is 57.4 Å². The largest absolute Gasteiger partial charge is 0.493 e. The third-order valence-corrected chi connectivity index (χ3v) is 5.72. The van der Waals surface area contributed by atoms with Crippen LogP contribution < -0.4 is 14.8 Å². The number of amides is 3. The van der Waals surface area contributed by atoms with Gasteiger partial charge in [-0.2, -0.15) is 0 Å². The van der Waals surface area contributed by atoms with Gasteiger partial charge in [0.1, 0.15) is 13.2 Å². The number of halogens is 1. The van der Waals surface area contributed by atoms with Gasteiger partial charge in [0, 0.05) is 4.47 Å². The quantitative estimate of drug-likeness (QED) is 0.454. The van der Waals surface area contributed by atoms with Crippen LogP contribution in [0, 0.1) is 12.3 Å². The highest BCUT2D eigenvalue weighted by atomic mass is 79.9. The molecule has 158 valence electrons. The van der Waals surface area contributed by atoms with Crippen LogP contribution in [0.2, 0.25) is 0 Å². The predicted molar refractivity (Wildman–Crippen MR) is 123 cm³/mol. The second-order valence-corrected chi connectivity index (χ2v) is 8.05. The summed E-state index contributed by atoms with van der Waals surface area (Å²) < 4.78 is 11.4. The molecule has 1 saturated heterocycles. The summed E-state index contributed by atoms with van der Waals surface area (Å²) in [4.78, 5) is 38.4. The molecule has 1 aliphatic rings. The van der Waals surface area contributed by atoms with Crippen LogP contribution in [-0.4, -0.2) is 42.2 Å². The highest BCUT2D eigenvalue weighted by molar-refractivity contribution is 9.10. The fourth-order valence-electron chi connectivity index (χ4n) is 2.70. The maximum absolute atomic E-state index is 12.7. The van der Waals surface area contributed by atoms with Crippen LogP contribution >= 0.6 is 27.7 Å². The van der Waals surface area contributed by atoms with Gasteiger partial charge in [-0.05, 0) is 63.6 Å². The molecule has 2 aromatic rings. The first kappa shape index (κ1) is 22.5. The molecule has 3 amide bonds. The molecule has 0 radical (unpaired) electrons. The fraction of sp³-hybridized carbons (Fsp3) is 0.136. The first-order chi connectivity index (χ1) is 14.9. The van der Waals surface area contributed by atoms with E-state index in [1.54, 1.807) is 42.5 Å². The Morgan fingerprint density at radius 1 is 1.26 bits per heavy atom. The zero-order valence-corrected chi connectivity index (χ0v) is 18.8. The number of imide groups is 1. The van der Waals surface area contributed by atoms with E-state index in [1.165, 1.54) is 7.11 Å². The molecule has 2 aromatic carbocycles. The second-order valence-electron chi connectivity index (χ2n) is 6.20. The molecule has 1 N–H and O–H groups in total. The van der Waals surface area contributed by atoms with E-state index >= 15 is 0 Å². The summed E-state index contributed by atoms with van der Waals surface area (Å²) >= 11 is 4.10. The Kier molecular flexibility index (Phi) is 7.39. The number of nitrogens with one attached hydrogen (secondary N) is 1. The molecule has 1 heterocycles. The van der Waals surface area contributed by atoms with Crippen LogP contribution in [0.5, 0.6) is 11.5 Å². The van der Waals surface area contributed by atoms with Gasteiger partial charge in [-0.25, -0.2) is 0 Å². The van der Waals surface area contributed by atoms with Gasteiger partial charge >= 0.3 is 0 Å². The van der Waals surface area contributed by atoms with Crippen molar-refractivity contribution in [2.75, 3.05) is 25.6 Å². The average Bonchev–Trinajstić information content (AvgIpc) is 3.01. The van der Waals surface area contributed by atoms with Gasteiger partial charge in [0.05, 0.1) is 17.7 Å². The van der Waals surface area contributed by atoms with Gasteiger partial charge in [0.25, 0.3) is 11.1 Å². The molecule has 0 saturated carbocycles. The second kappa shape index (κ2) is 10.2. The molecule has 31 heavy (non-hydrogen) atoms. The highest BCUT2D eigenvalue weighted by Crippen LogP contribution is 2.34. The molecule has 7 nitrogen and oxygen atoms in total. The lowest BCUT2D eigenvalue weighted by atomic mass is 10.2. The average molecular weight is 501 g/mol. The van der Waals surface area contributed by atoms with Crippen LogP contribution in [0.3, 0.4) is 0 Å². The summed E-state index contributed by atoms with van der Waals surface area (Å²) in [6.45, 7) is -0.290. The highest BCUT2D eigenvalue weighted by Gasteiger charge is 2.36. The number of benzene rings is 2. The van der Waals surface area contributed by atoms with E-state index in [2.05, 4.69) is 27.2 Å². The van der Waals surface area contributed by atoms with Gasteiger partial charge in [0.15, 0.2) is 11.5 Å². The van der Waals surface area contributed by atoms with Crippen molar-refractivity contribution in [1.82, 2.24) is 4.90 Å². The molecule has 1 aliphatic heterocycles. The molecule has 0 atom stereocenters. The Hall–Kier alpha value is -3.22. The predicted octanol–water partition coefficient (Wildman–Crippen LogP) is 4.14. The Morgan fingerprint density at radius 2 is 2.03 bits per heavy atom. The summed E-state index contributed by atoms with van der Waals surface area (Å²) in [5.74, 6) is 2.26. The number of carbonyl (C=O) groups excluding carboxylic acids is 3.